The third kappa shape index (κ3) is 3.62. The van der Waals surface area contributed by atoms with Gasteiger partial charge in [0.25, 0.3) is 0 Å². The van der Waals surface area contributed by atoms with Crippen LogP contribution in [-0.4, -0.2) is 40.7 Å². The molecular weight excluding hydrogens is 413 g/mol. The van der Waals surface area contributed by atoms with Crippen molar-refractivity contribution in [2.45, 2.75) is 13.5 Å². The summed E-state index contributed by atoms with van der Waals surface area (Å²) in [4.78, 5) is 21.2. The molecule has 10 heteroatoms. The zero-order valence-corrected chi connectivity index (χ0v) is 17.1. The van der Waals surface area contributed by atoms with Gasteiger partial charge in [-0.1, -0.05) is 12.1 Å². The second kappa shape index (κ2) is 8.06. The monoisotopic (exact) mass is 431 g/mol. The topological polar surface area (TPSA) is 92.7 Å². The Bertz CT molecular complexity index is 1440. The third-order valence-corrected chi connectivity index (χ3v) is 4.90. The van der Waals surface area contributed by atoms with Gasteiger partial charge < -0.3 is 4.74 Å². The average molecular weight is 431 g/mol. The molecule has 32 heavy (non-hydrogen) atoms. The van der Waals surface area contributed by atoms with Gasteiger partial charge in [0.1, 0.15) is 17.8 Å². The van der Waals surface area contributed by atoms with Crippen molar-refractivity contribution < 1.29 is 9.13 Å². The van der Waals surface area contributed by atoms with Gasteiger partial charge in [0.15, 0.2) is 0 Å². The van der Waals surface area contributed by atoms with Gasteiger partial charge in [-0.2, -0.15) is 9.78 Å². The van der Waals surface area contributed by atoms with Crippen LogP contribution < -0.4 is 10.4 Å². The van der Waals surface area contributed by atoms with E-state index in [0.717, 1.165) is 22.2 Å². The molecule has 0 aliphatic heterocycles. The van der Waals surface area contributed by atoms with Gasteiger partial charge in [-0.05, 0) is 42.8 Å². The van der Waals surface area contributed by atoms with E-state index in [9.17, 15) is 9.18 Å². The fraction of sp³-hybridized carbons (Fsp3) is 0.136. The summed E-state index contributed by atoms with van der Waals surface area (Å²) in [5, 5.41) is 9.73. The van der Waals surface area contributed by atoms with Crippen LogP contribution in [0.4, 0.5) is 4.39 Å². The molecule has 0 aliphatic carbocycles. The highest BCUT2D eigenvalue weighted by Crippen LogP contribution is 2.19. The van der Waals surface area contributed by atoms with E-state index in [-0.39, 0.29) is 24.1 Å². The van der Waals surface area contributed by atoms with Crippen LogP contribution in [0.5, 0.6) is 6.01 Å². The Kier molecular flexibility index (Phi) is 4.94. The molecule has 2 aromatic carbocycles. The quantitative estimate of drug-likeness (QED) is 0.411. The Morgan fingerprint density at radius 1 is 1.00 bits per heavy atom. The zero-order chi connectivity index (χ0) is 22.1. The Morgan fingerprint density at radius 2 is 1.78 bits per heavy atom. The van der Waals surface area contributed by atoms with E-state index in [0.29, 0.717) is 12.3 Å². The fourth-order valence-corrected chi connectivity index (χ4v) is 3.38. The predicted molar refractivity (Wildman–Crippen MR) is 115 cm³/mol. The highest BCUT2D eigenvalue weighted by atomic mass is 19.1. The van der Waals surface area contributed by atoms with Crippen molar-refractivity contribution >= 4 is 10.9 Å². The summed E-state index contributed by atoms with van der Waals surface area (Å²) in [5.41, 5.74) is 2.45. The van der Waals surface area contributed by atoms with Gasteiger partial charge in [-0.15, -0.1) is 5.10 Å². The van der Waals surface area contributed by atoms with Crippen molar-refractivity contribution in [3.63, 3.8) is 0 Å². The van der Waals surface area contributed by atoms with E-state index in [1.807, 2.05) is 25.3 Å². The van der Waals surface area contributed by atoms with Gasteiger partial charge in [0.2, 0.25) is 0 Å². The maximum absolute atomic E-state index is 13.2. The molecule has 9 nitrogen and oxygen atoms in total. The molecular formula is C22H18FN7O2. The molecule has 0 amide bonds. The fourth-order valence-electron chi connectivity index (χ4n) is 3.38. The predicted octanol–water partition coefficient (Wildman–Crippen LogP) is 2.75. The summed E-state index contributed by atoms with van der Waals surface area (Å²) in [7, 11) is 0. The molecule has 0 N–H and O–H groups in total. The molecule has 3 aromatic heterocycles. The number of fused-ring (bicyclic) bond motifs is 1. The molecule has 0 saturated heterocycles. The second-order valence-electron chi connectivity index (χ2n) is 7.04. The van der Waals surface area contributed by atoms with Gasteiger partial charge in [-0.25, -0.2) is 28.4 Å². The molecule has 3 heterocycles. The van der Waals surface area contributed by atoms with Crippen molar-refractivity contribution in [1.82, 2.24) is 34.1 Å². The number of hydrogen-bond acceptors (Lipinski definition) is 6. The van der Waals surface area contributed by atoms with Crippen LogP contribution in [0.2, 0.25) is 0 Å². The first kappa shape index (κ1) is 19.6. The average Bonchev–Trinajstić information content (AvgIpc) is 3.37. The maximum Gasteiger partial charge on any atom is 0.353 e. The molecule has 0 fully saturated rings. The summed E-state index contributed by atoms with van der Waals surface area (Å²) in [6, 6.07) is 11.6. The van der Waals surface area contributed by atoms with Gasteiger partial charge in [-0.3, -0.25) is 0 Å². The number of ether oxygens (including phenoxy) is 1. The van der Waals surface area contributed by atoms with Gasteiger partial charge in [0.05, 0.1) is 36.7 Å². The lowest BCUT2D eigenvalue weighted by molar-refractivity contribution is 0.296. The van der Waals surface area contributed by atoms with Gasteiger partial charge in [0, 0.05) is 11.6 Å². The Labute approximate surface area is 181 Å². The minimum absolute atomic E-state index is 0.194. The maximum atomic E-state index is 13.2. The summed E-state index contributed by atoms with van der Waals surface area (Å²) in [6.07, 6.45) is 6.61. The zero-order valence-electron chi connectivity index (χ0n) is 17.1. The minimum atomic E-state index is -0.360. The minimum Gasteiger partial charge on any atom is -0.464 e. The van der Waals surface area contributed by atoms with Crippen LogP contribution in [0.15, 0.2) is 72.2 Å². The first-order chi connectivity index (χ1) is 15.6. The Balaban J connectivity index is 1.55. The largest absolute Gasteiger partial charge is 0.464 e. The molecule has 0 aliphatic rings. The van der Waals surface area contributed by atoms with Crippen LogP contribution in [0.3, 0.4) is 0 Å². The summed E-state index contributed by atoms with van der Waals surface area (Å²) in [5.74, 6) is -0.335. The van der Waals surface area contributed by atoms with E-state index < -0.39 is 0 Å². The summed E-state index contributed by atoms with van der Waals surface area (Å²) in [6.45, 7) is 2.38. The van der Waals surface area contributed by atoms with Gasteiger partial charge >= 0.3 is 11.7 Å². The molecule has 0 unspecified atom stereocenters. The highest BCUT2D eigenvalue weighted by molar-refractivity contribution is 5.80. The normalized spacial score (nSPS) is 11.2. The number of halogens is 1. The Hall–Kier alpha value is -4.34. The van der Waals surface area contributed by atoms with Crippen molar-refractivity contribution in [2.75, 3.05) is 6.61 Å². The van der Waals surface area contributed by atoms with Crippen LogP contribution in [0.25, 0.3) is 22.3 Å². The smallest absolute Gasteiger partial charge is 0.353 e. The molecule has 0 atom stereocenters. The van der Waals surface area contributed by atoms with Crippen LogP contribution in [0.1, 0.15) is 12.5 Å². The molecule has 160 valence electrons. The summed E-state index contributed by atoms with van der Waals surface area (Å²) < 4.78 is 23.2. The molecule has 0 spiro atoms. The van der Waals surface area contributed by atoms with Crippen molar-refractivity contribution in [3.05, 3.63) is 89.2 Å². The number of hydrogen-bond donors (Lipinski definition) is 0. The lowest BCUT2D eigenvalue weighted by Crippen LogP contribution is -2.24. The lowest BCUT2D eigenvalue weighted by atomic mass is 10.2. The SMILES string of the molecule is CCOc1nn(-c2ccc3nn(-c4cncnc4)cc3c2)c(=O)n1Cc1ccc(F)cc1. The molecule has 0 radical (unpaired) electrons. The number of rotatable bonds is 6. The van der Waals surface area contributed by atoms with E-state index in [1.165, 1.54) is 27.7 Å². The number of nitrogens with zero attached hydrogens (tertiary/aromatic N) is 7. The highest BCUT2D eigenvalue weighted by Gasteiger charge is 2.17. The summed E-state index contributed by atoms with van der Waals surface area (Å²) >= 11 is 0. The van der Waals surface area contributed by atoms with E-state index >= 15 is 0 Å². The van der Waals surface area contributed by atoms with Crippen LogP contribution in [0, 0.1) is 5.82 Å². The van der Waals surface area contributed by atoms with Crippen molar-refractivity contribution in [1.29, 1.82) is 0 Å². The van der Waals surface area contributed by atoms with Crippen molar-refractivity contribution in [3.8, 4) is 17.4 Å². The van der Waals surface area contributed by atoms with Crippen LogP contribution >= 0.6 is 0 Å². The Morgan fingerprint density at radius 3 is 2.53 bits per heavy atom. The first-order valence-corrected chi connectivity index (χ1v) is 9.94. The second-order valence-corrected chi connectivity index (χ2v) is 7.04. The first-order valence-electron chi connectivity index (χ1n) is 9.94. The number of aromatic nitrogens is 7. The molecule has 0 saturated carbocycles. The van der Waals surface area contributed by atoms with E-state index in [4.69, 9.17) is 4.74 Å². The molecule has 5 aromatic rings. The van der Waals surface area contributed by atoms with Crippen LogP contribution in [-0.2, 0) is 6.54 Å². The van der Waals surface area contributed by atoms with Crippen molar-refractivity contribution in [2.24, 2.45) is 0 Å². The standard InChI is InChI=1S/C22H18FN7O2/c1-2-32-21-27-30(22(31)28(21)12-15-3-5-17(23)6-4-15)18-7-8-20-16(9-18)13-29(26-20)19-10-24-14-25-11-19/h3-11,13-14H,2,12H2,1H3. The third-order valence-electron chi connectivity index (χ3n) is 4.90. The number of benzene rings is 2. The van der Waals surface area contributed by atoms with E-state index in [2.05, 4.69) is 20.2 Å². The van der Waals surface area contributed by atoms with E-state index in [1.54, 1.807) is 35.3 Å². The molecule has 5 rings (SSSR count). The lowest BCUT2D eigenvalue weighted by Gasteiger charge is -2.05. The molecule has 0 bridgehead atoms.